The molecule has 1 aromatic heterocycles. The summed E-state index contributed by atoms with van der Waals surface area (Å²) in [5, 5.41) is 0. The van der Waals surface area contributed by atoms with E-state index in [1.807, 2.05) is 31.2 Å². The van der Waals surface area contributed by atoms with Gasteiger partial charge in [0.2, 0.25) is 5.91 Å². The molecular weight excluding hydrogens is 206 g/mol. The lowest BCUT2D eigenvalue weighted by atomic mass is 9.97. The summed E-state index contributed by atoms with van der Waals surface area (Å²) >= 11 is 0. The molecule has 0 aromatic carbocycles. The van der Waals surface area contributed by atoms with Crippen molar-refractivity contribution in [2.75, 3.05) is 0 Å². The lowest BCUT2D eigenvalue weighted by Gasteiger charge is -2.19. The van der Waals surface area contributed by atoms with Crippen LogP contribution in [0.25, 0.3) is 0 Å². The molecular formula is C11H13N3O2. The van der Waals surface area contributed by atoms with Crippen molar-refractivity contribution in [2.45, 2.75) is 18.9 Å². The first-order valence-electron chi connectivity index (χ1n) is 4.96. The molecule has 0 radical (unpaired) electrons. The van der Waals surface area contributed by atoms with Gasteiger partial charge in [0.05, 0.1) is 12.1 Å². The quantitative estimate of drug-likeness (QED) is 0.780. The second-order valence-electron chi connectivity index (χ2n) is 3.88. The highest BCUT2D eigenvalue weighted by Gasteiger charge is 2.33. The molecule has 0 fully saturated rings. The van der Waals surface area contributed by atoms with Crippen LogP contribution in [0.3, 0.4) is 0 Å². The van der Waals surface area contributed by atoms with Gasteiger partial charge in [-0.2, -0.15) is 0 Å². The smallest absolute Gasteiger partial charge is 0.225 e. The van der Waals surface area contributed by atoms with Gasteiger partial charge < -0.3 is 10.6 Å². The third kappa shape index (κ3) is 2.04. The van der Waals surface area contributed by atoms with Crippen LogP contribution in [0.4, 0.5) is 0 Å². The molecule has 0 spiro atoms. The molecule has 5 nitrogen and oxygen atoms in total. The number of amides is 1. The molecule has 0 saturated carbocycles. The van der Waals surface area contributed by atoms with Gasteiger partial charge in [0, 0.05) is 6.20 Å². The van der Waals surface area contributed by atoms with E-state index in [1.54, 1.807) is 6.20 Å². The van der Waals surface area contributed by atoms with E-state index in [9.17, 15) is 4.79 Å². The lowest BCUT2D eigenvalue weighted by molar-refractivity contribution is -0.118. The lowest BCUT2D eigenvalue weighted by Crippen LogP contribution is -2.33. The first-order chi connectivity index (χ1) is 7.60. The van der Waals surface area contributed by atoms with Gasteiger partial charge in [0.25, 0.3) is 0 Å². The minimum Gasteiger partial charge on any atom is -0.412 e. The molecule has 2 rings (SSSR count). The second kappa shape index (κ2) is 3.94. The molecule has 1 atom stereocenters. The number of hydroxylamine groups is 1. The van der Waals surface area contributed by atoms with Crippen LogP contribution in [-0.2, 0) is 15.2 Å². The third-order valence-electron chi connectivity index (χ3n) is 2.39. The normalized spacial score (nSPS) is 23.7. The number of carbonyl (C=O) groups is 1. The molecule has 0 bridgehead atoms. The van der Waals surface area contributed by atoms with Crippen molar-refractivity contribution in [1.29, 1.82) is 0 Å². The molecule has 1 unspecified atom stereocenters. The van der Waals surface area contributed by atoms with E-state index in [2.05, 4.69) is 10.5 Å². The average molecular weight is 219 g/mol. The fraction of sp³-hybridized carbons (Fsp3) is 0.273. The van der Waals surface area contributed by atoms with Crippen LogP contribution >= 0.6 is 0 Å². The molecule has 2 heterocycles. The summed E-state index contributed by atoms with van der Waals surface area (Å²) in [5.74, 6) is 0.110. The molecule has 1 amide bonds. The standard InChI is InChI=1S/C11H13N3O2/c1-11(9-4-2-3-5-13-9)7-8(16-14-11)6-10(12)15/h2-5,7,14H,6H2,1H3,(H2,12,15). The van der Waals surface area contributed by atoms with Crippen LogP contribution < -0.4 is 11.2 Å². The first kappa shape index (κ1) is 10.6. The number of hydrogen-bond donors (Lipinski definition) is 2. The van der Waals surface area contributed by atoms with Crippen molar-refractivity contribution in [1.82, 2.24) is 10.5 Å². The Labute approximate surface area is 93.3 Å². The van der Waals surface area contributed by atoms with Gasteiger partial charge in [0.15, 0.2) is 0 Å². The molecule has 1 aliphatic rings. The van der Waals surface area contributed by atoms with Gasteiger partial charge in [-0.05, 0) is 25.1 Å². The summed E-state index contributed by atoms with van der Waals surface area (Å²) in [4.78, 5) is 20.2. The van der Waals surface area contributed by atoms with Gasteiger partial charge in [0.1, 0.15) is 11.3 Å². The summed E-state index contributed by atoms with van der Waals surface area (Å²) in [6.45, 7) is 1.92. The number of hydrogen-bond acceptors (Lipinski definition) is 4. The van der Waals surface area contributed by atoms with E-state index in [0.29, 0.717) is 5.76 Å². The van der Waals surface area contributed by atoms with Gasteiger partial charge in [-0.25, -0.2) is 0 Å². The van der Waals surface area contributed by atoms with Crippen LogP contribution in [0.15, 0.2) is 36.2 Å². The number of aromatic nitrogens is 1. The maximum absolute atomic E-state index is 10.8. The molecule has 0 saturated heterocycles. The summed E-state index contributed by atoms with van der Waals surface area (Å²) in [6.07, 6.45) is 3.62. The Morgan fingerprint density at radius 1 is 1.62 bits per heavy atom. The Kier molecular flexibility index (Phi) is 2.62. The summed E-state index contributed by atoms with van der Waals surface area (Å²) in [7, 11) is 0. The maximum atomic E-state index is 10.8. The topological polar surface area (TPSA) is 77.2 Å². The highest BCUT2D eigenvalue weighted by molar-refractivity contribution is 5.76. The highest BCUT2D eigenvalue weighted by Crippen LogP contribution is 2.28. The van der Waals surface area contributed by atoms with E-state index in [4.69, 9.17) is 10.6 Å². The zero-order valence-electron chi connectivity index (χ0n) is 8.93. The predicted octanol–water partition coefficient (Wildman–Crippen LogP) is 0.591. The molecule has 16 heavy (non-hydrogen) atoms. The molecule has 3 N–H and O–H groups in total. The van der Waals surface area contributed by atoms with Crippen LogP contribution in [0.2, 0.25) is 0 Å². The van der Waals surface area contributed by atoms with Crippen molar-refractivity contribution in [3.05, 3.63) is 41.9 Å². The first-order valence-corrected chi connectivity index (χ1v) is 4.96. The fourth-order valence-corrected chi connectivity index (χ4v) is 1.61. The highest BCUT2D eigenvalue weighted by atomic mass is 16.7. The minimum atomic E-state index is -0.508. The number of primary amides is 1. The van der Waals surface area contributed by atoms with Crippen LogP contribution in [0.5, 0.6) is 0 Å². The SMILES string of the molecule is CC1(c2ccccn2)C=C(CC(N)=O)ON1. The second-order valence-corrected chi connectivity index (χ2v) is 3.88. The summed E-state index contributed by atoms with van der Waals surface area (Å²) in [5.41, 5.74) is 8.26. The number of pyridine rings is 1. The summed E-state index contributed by atoms with van der Waals surface area (Å²) < 4.78 is 0. The number of nitrogens with zero attached hydrogens (tertiary/aromatic N) is 1. The van der Waals surface area contributed by atoms with Crippen LogP contribution in [0.1, 0.15) is 19.0 Å². The van der Waals surface area contributed by atoms with Crippen molar-refractivity contribution in [3.8, 4) is 0 Å². The number of nitrogens with two attached hydrogens (primary N) is 1. The third-order valence-corrected chi connectivity index (χ3v) is 2.39. The van der Waals surface area contributed by atoms with E-state index in [1.165, 1.54) is 0 Å². The number of rotatable bonds is 3. The predicted molar refractivity (Wildman–Crippen MR) is 57.7 cm³/mol. The van der Waals surface area contributed by atoms with E-state index >= 15 is 0 Å². The Bertz CT molecular complexity index is 430. The van der Waals surface area contributed by atoms with Gasteiger partial charge >= 0.3 is 0 Å². The van der Waals surface area contributed by atoms with Gasteiger partial charge in [-0.15, -0.1) is 5.48 Å². The Hall–Kier alpha value is -1.88. The fourth-order valence-electron chi connectivity index (χ4n) is 1.61. The zero-order valence-corrected chi connectivity index (χ0v) is 8.93. The van der Waals surface area contributed by atoms with Gasteiger partial charge in [-0.3, -0.25) is 9.78 Å². The monoisotopic (exact) mass is 219 g/mol. The van der Waals surface area contributed by atoms with Gasteiger partial charge in [-0.1, -0.05) is 6.07 Å². The molecule has 5 heteroatoms. The molecule has 1 aliphatic heterocycles. The average Bonchev–Trinajstić information content (AvgIpc) is 2.62. The Balaban J connectivity index is 2.22. The number of nitrogens with one attached hydrogen (secondary N) is 1. The molecule has 1 aromatic rings. The summed E-state index contributed by atoms with van der Waals surface area (Å²) in [6, 6.07) is 5.63. The van der Waals surface area contributed by atoms with E-state index in [-0.39, 0.29) is 6.42 Å². The minimum absolute atomic E-state index is 0.0927. The molecule has 0 aliphatic carbocycles. The van der Waals surface area contributed by atoms with Crippen LogP contribution in [0, 0.1) is 0 Å². The Morgan fingerprint density at radius 2 is 2.44 bits per heavy atom. The van der Waals surface area contributed by atoms with E-state index in [0.717, 1.165) is 5.69 Å². The van der Waals surface area contributed by atoms with Crippen molar-refractivity contribution in [2.24, 2.45) is 5.73 Å². The van der Waals surface area contributed by atoms with Crippen LogP contribution in [-0.4, -0.2) is 10.9 Å². The molecule has 84 valence electrons. The van der Waals surface area contributed by atoms with Crippen molar-refractivity contribution in [3.63, 3.8) is 0 Å². The van der Waals surface area contributed by atoms with Crippen molar-refractivity contribution >= 4 is 5.91 Å². The van der Waals surface area contributed by atoms with Crippen molar-refractivity contribution < 1.29 is 9.63 Å². The Morgan fingerprint density at radius 3 is 3.06 bits per heavy atom. The number of carbonyl (C=O) groups excluding carboxylic acids is 1. The zero-order chi connectivity index (χ0) is 11.6. The maximum Gasteiger partial charge on any atom is 0.225 e. The largest absolute Gasteiger partial charge is 0.412 e. The van der Waals surface area contributed by atoms with E-state index < -0.39 is 11.4 Å².